The molecule has 3 rings (SSSR count). The summed E-state index contributed by atoms with van der Waals surface area (Å²) in [5.41, 5.74) is 2.05. The highest BCUT2D eigenvalue weighted by atomic mass is 16.5. The van der Waals surface area contributed by atoms with Crippen molar-refractivity contribution in [3.8, 4) is 5.75 Å². The Balaban J connectivity index is 1.79. The fourth-order valence-electron chi connectivity index (χ4n) is 3.36. The first-order valence-corrected chi connectivity index (χ1v) is 8.52. The zero-order valence-electron chi connectivity index (χ0n) is 13.6. The number of benzene rings is 1. The van der Waals surface area contributed by atoms with Gasteiger partial charge in [-0.1, -0.05) is 32.3 Å². The second kappa shape index (κ2) is 6.59. The molecule has 0 saturated heterocycles. The van der Waals surface area contributed by atoms with Crippen LogP contribution in [0.4, 0.5) is 10.5 Å². The molecule has 2 amide bonds. The van der Waals surface area contributed by atoms with E-state index >= 15 is 0 Å². The third-order valence-corrected chi connectivity index (χ3v) is 4.72. The van der Waals surface area contributed by atoms with Crippen LogP contribution >= 0.6 is 0 Å². The SMILES string of the molecule is CCC1CN(C(=O)NC2CCCCC2)c2cc(C)ccc2O1. The van der Waals surface area contributed by atoms with Gasteiger partial charge < -0.3 is 10.1 Å². The maximum Gasteiger partial charge on any atom is 0.322 e. The Morgan fingerprint density at radius 1 is 1.32 bits per heavy atom. The molecule has 0 radical (unpaired) electrons. The number of fused-ring (bicyclic) bond motifs is 1. The van der Waals surface area contributed by atoms with E-state index in [1.165, 1.54) is 19.3 Å². The van der Waals surface area contributed by atoms with Gasteiger partial charge in [0.05, 0.1) is 12.2 Å². The molecule has 1 N–H and O–H groups in total. The lowest BCUT2D eigenvalue weighted by atomic mass is 9.96. The summed E-state index contributed by atoms with van der Waals surface area (Å²) < 4.78 is 5.98. The average Bonchev–Trinajstić information content (AvgIpc) is 2.54. The van der Waals surface area contributed by atoms with Crippen LogP contribution < -0.4 is 15.0 Å². The number of urea groups is 1. The van der Waals surface area contributed by atoms with E-state index in [9.17, 15) is 4.79 Å². The van der Waals surface area contributed by atoms with Crippen LogP contribution in [0.2, 0.25) is 0 Å². The van der Waals surface area contributed by atoms with Crippen molar-refractivity contribution in [1.29, 1.82) is 0 Å². The Hall–Kier alpha value is -1.71. The number of hydrogen-bond acceptors (Lipinski definition) is 2. The highest BCUT2D eigenvalue weighted by molar-refractivity contribution is 5.94. The molecule has 4 heteroatoms. The molecule has 1 aromatic carbocycles. The Morgan fingerprint density at radius 3 is 2.82 bits per heavy atom. The first kappa shape index (κ1) is 15.2. The Morgan fingerprint density at radius 2 is 2.09 bits per heavy atom. The summed E-state index contributed by atoms with van der Waals surface area (Å²) in [6.45, 7) is 4.77. The molecule has 1 atom stereocenters. The number of hydrogen-bond donors (Lipinski definition) is 1. The molecule has 4 nitrogen and oxygen atoms in total. The minimum atomic E-state index is 0.0282. The van der Waals surface area contributed by atoms with Crippen molar-refractivity contribution < 1.29 is 9.53 Å². The maximum atomic E-state index is 12.8. The third-order valence-electron chi connectivity index (χ3n) is 4.72. The second-order valence-corrected chi connectivity index (χ2v) is 6.51. The lowest BCUT2D eigenvalue weighted by molar-refractivity contribution is 0.184. The van der Waals surface area contributed by atoms with Crippen LogP contribution in [-0.4, -0.2) is 24.7 Å². The van der Waals surface area contributed by atoms with Gasteiger partial charge in [-0.3, -0.25) is 4.90 Å². The summed E-state index contributed by atoms with van der Waals surface area (Å²) in [6.07, 6.45) is 6.93. The predicted molar refractivity (Wildman–Crippen MR) is 88.6 cm³/mol. The van der Waals surface area contributed by atoms with Gasteiger partial charge in [0.2, 0.25) is 0 Å². The number of aryl methyl sites for hydroxylation is 1. The highest BCUT2D eigenvalue weighted by Crippen LogP contribution is 2.35. The molecule has 1 fully saturated rings. The van der Waals surface area contributed by atoms with E-state index in [-0.39, 0.29) is 12.1 Å². The smallest absolute Gasteiger partial charge is 0.322 e. The first-order chi connectivity index (χ1) is 10.7. The van der Waals surface area contributed by atoms with E-state index in [0.717, 1.165) is 36.3 Å². The first-order valence-electron chi connectivity index (χ1n) is 8.52. The zero-order chi connectivity index (χ0) is 15.5. The molecule has 1 saturated carbocycles. The van der Waals surface area contributed by atoms with E-state index in [1.807, 2.05) is 30.0 Å². The number of carbonyl (C=O) groups excluding carboxylic acids is 1. The van der Waals surface area contributed by atoms with Crippen molar-refractivity contribution >= 4 is 11.7 Å². The van der Waals surface area contributed by atoms with Gasteiger partial charge in [-0.25, -0.2) is 4.79 Å². The summed E-state index contributed by atoms with van der Waals surface area (Å²) >= 11 is 0. The molecule has 1 unspecified atom stereocenters. The van der Waals surface area contributed by atoms with Crippen LogP contribution in [0.5, 0.6) is 5.75 Å². The minimum absolute atomic E-state index is 0.0282. The fourth-order valence-corrected chi connectivity index (χ4v) is 3.36. The lowest BCUT2D eigenvalue weighted by Crippen LogP contribution is -2.50. The molecule has 0 aromatic heterocycles. The van der Waals surface area contributed by atoms with Crippen LogP contribution in [0, 0.1) is 6.92 Å². The van der Waals surface area contributed by atoms with E-state index in [2.05, 4.69) is 12.2 Å². The van der Waals surface area contributed by atoms with Crippen molar-refractivity contribution in [2.45, 2.75) is 64.5 Å². The van der Waals surface area contributed by atoms with Crippen LogP contribution in [0.15, 0.2) is 18.2 Å². The summed E-state index contributed by atoms with van der Waals surface area (Å²) in [4.78, 5) is 14.6. The van der Waals surface area contributed by atoms with Crippen LogP contribution in [0.25, 0.3) is 0 Å². The third kappa shape index (κ3) is 3.21. The van der Waals surface area contributed by atoms with E-state index < -0.39 is 0 Å². The van der Waals surface area contributed by atoms with E-state index in [0.29, 0.717) is 12.6 Å². The number of rotatable bonds is 2. The maximum absolute atomic E-state index is 12.8. The van der Waals surface area contributed by atoms with Crippen LogP contribution in [-0.2, 0) is 0 Å². The summed E-state index contributed by atoms with van der Waals surface area (Å²) in [6, 6.07) is 6.42. The van der Waals surface area contributed by atoms with Gasteiger partial charge in [0.15, 0.2) is 0 Å². The molecule has 0 spiro atoms. The number of carbonyl (C=O) groups is 1. The summed E-state index contributed by atoms with van der Waals surface area (Å²) in [5.74, 6) is 0.822. The molecular weight excluding hydrogens is 276 g/mol. The van der Waals surface area contributed by atoms with Crippen molar-refractivity contribution in [2.24, 2.45) is 0 Å². The van der Waals surface area contributed by atoms with Gasteiger partial charge in [-0.05, 0) is 43.9 Å². The van der Waals surface area contributed by atoms with E-state index in [1.54, 1.807) is 0 Å². The molecule has 1 aliphatic carbocycles. The Bertz CT molecular complexity index is 538. The van der Waals surface area contributed by atoms with Crippen molar-refractivity contribution in [3.63, 3.8) is 0 Å². The standard InChI is InChI=1S/C18H26N2O2/c1-3-15-12-20(16-11-13(2)9-10-17(16)22-15)18(21)19-14-7-5-4-6-8-14/h9-11,14-15H,3-8,12H2,1-2H3,(H,19,21). The van der Waals surface area contributed by atoms with Crippen molar-refractivity contribution in [2.75, 3.05) is 11.4 Å². The minimum Gasteiger partial charge on any atom is -0.486 e. The monoisotopic (exact) mass is 302 g/mol. The molecule has 0 bridgehead atoms. The number of anilines is 1. The topological polar surface area (TPSA) is 41.6 Å². The molecule has 1 aromatic rings. The fraction of sp³-hybridized carbons (Fsp3) is 0.611. The van der Waals surface area contributed by atoms with Gasteiger partial charge >= 0.3 is 6.03 Å². The summed E-state index contributed by atoms with van der Waals surface area (Å²) in [5, 5.41) is 3.23. The van der Waals surface area contributed by atoms with Crippen molar-refractivity contribution in [3.05, 3.63) is 23.8 Å². The quantitative estimate of drug-likeness (QED) is 0.896. The second-order valence-electron chi connectivity index (χ2n) is 6.51. The predicted octanol–water partition coefficient (Wildman–Crippen LogP) is 4.01. The number of amides is 2. The average molecular weight is 302 g/mol. The van der Waals surface area contributed by atoms with Gasteiger partial charge in [0, 0.05) is 6.04 Å². The molecule has 1 aliphatic heterocycles. The Labute approximate surface area is 132 Å². The largest absolute Gasteiger partial charge is 0.486 e. The van der Waals surface area contributed by atoms with Gasteiger partial charge in [0.1, 0.15) is 11.9 Å². The highest BCUT2D eigenvalue weighted by Gasteiger charge is 2.30. The van der Waals surface area contributed by atoms with E-state index in [4.69, 9.17) is 4.74 Å². The van der Waals surface area contributed by atoms with Gasteiger partial charge in [0.25, 0.3) is 0 Å². The molecule has 1 heterocycles. The Kier molecular flexibility index (Phi) is 4.55. The lowest BCUT2D eigenvalue weighted by Gasteiger charge is -2.36. The number of nitrogens with one attached hydrogen (secondary N) is 1. The summed E-state index contributed by atoms with van der Waals surface area (Å²) in [7, 11) is 0. The zero-order valence-corrected chi connectivity index (χ0v) is 13.6. The number of nitrogens with zero attached hydrogens (tertiary/aromatic N) is 1. The van der Waals surface area contributed by atoms with Gasteiger partial charge in [-0.15, -0.1) is 0 Å². The van der Waals surface area contributed by atoms with Crippen molar-refractivity contribution in [1.82, 2.24) is 5.32 Å². The molecule has 120 valence electrons. The number of ether oxygens (including phenoxy) is 1. The van der Waals surface area contributed by atoms with Crippen LogP contribution in [0.3, 0.4) is 0 Å². The normalized spacial score (nSPS) is 21.9. The van der Waals surface area contributed by atoms with Crippen LogP contribution in [0.1, 0.15) is 51.0 Å². The van der Waals surface area contributed by atoms with Gasteiger partial charge in [-0.2, -0.15) is 0 Å². The molecule has 2 aliphatic rings. The molecular formula is C18H26N2O2. The molecule has 22 heavy (non-hydrogen) atoms.